The Morgan fingerprint density at radius 1 is 0.933 bits per heavy atom. The highest BCUT2D eigenvalue weighted by atomic mass is 16.5. The van der Waals surface area contributed by atoms with Crippen molar-refractivity contribution in [2.45, 2.75) is 0 Å². The molecule has 3 rings (SSSR count). The molecule has 1 N–H and O–H groups in total. The fourth-order valence-corrected chi connectivity index (χ4v) is 2.69. The molecule has 1 heterocycles. The van der Waals surface area contributed by atoms with Crippen LogP contribution in [0.5, 0.6) is 17.2 Å². The Morgan fingerprint density at radius 2 is 1.57 bits per heavy atom. The van der Waals surface area contributed by atoms with E-state index in [1.165, 1.54) is 28.4 Å². The average Bonchev–Trinajstić information content (AvgIpc) is 2.78. The minimum atomic E-state index is -0.824. The molecule has 0 spiro atoms. The monoisotopic (exact) mass is 412 g/mol. The van der Waals surface area contributed by atoms with Gasteiger partial charge in [0.25, 0.3) is 11.5 Å². The number of rotatable bonds is 6. The Bertz CT molecular complexity index is 1200. The van der Waals surface area contributed by atoms with Crippen LogP contribution in [0.2, 0.25) is 0 Å². The van der Waals surface area contributed by atoms with Gasteiger partial charge in [-0.1, -0.05) is 0 Å². The van der Waals surface area contributed by atoms with Crippen LogP contribution < -0.4 is 30.8 Å². The lowest BCUT2D eigenvalue weighted by molar-refractivity contribution is 0.101. The fraction of sp³-hybridized carbons (Fsp3) is 0.200. The van der Waals surface area contributed by atoms with E-state index in [4.69, 9.17) is 14.2 Å². The highest BCUT2D eigenvalue weighted by Crippen LogP contribution is 2.29. The van der Waals surface area contributed by atoms with Gasteiger partial charge in [0.2, 0.25) is 5.69 Å². The molecule has 10 heteroatoms. The molecule has 0 saturated carbocycles. The summed E-state index contributed by atoms with van der Waals surface area (Å²) in [5, 5.41) is 6.58. The van der Waals surface area contributed by atoms with Crippen LogP contribution in [0.15, 0.2) is 52.1 Å². The highest BCUT2D eigenvalue weighted by molar-refractivity contribution is 6.03. The summed E-state index contributed by atoms with van der Waals surface area (Å²) in [4.78, 5) is 37.8. The third-order valence-corrected chi connectivity index (χ3v) is 4.36. The summed E-state index contributed by atoms with van der Waals surface area (Å²) >= 11 is 0. The van der Waals surface area contributed by atoms with Crippen molar-refractivity contribution in [2.75, 3.05) is 26.6 Å². The van der Waals surface area contributed by atoms with Gasteiger partial charge in [0.1, 0.15) is 17.2 Å². The van der Waals surface area contributed by atoms with Gasteiger partial charge < -0.3 is 19.5 Å². The zero-order chi connectivity index (χ0) is 21.8. The van der Waals surface area contributed by atoms with E-state index in [0.717, 1.165) is 9.25 Å². The molecular formula is C20H20N4O6. The maximum Gasteiger partial charge on any atom is 0.351 e. The number of nitrogens with zero attached hydrogens (tertiary/aromatic N) is 3. The normalized spacial score (nSPS) is 10.4. The van der Waals surface area contributed by atoms with Crippen molar-refractivity contribution in [3.05, 3.63) is 69.0 Å². The SMILES string of the molecule is COc1ccc(-n2nc(C(=O)Nc3ccc(OC)cc3OC)c(=O)n(C)c2=O)cc1. The highest BCUT2D eigenvalue weighted by Gasteiger charge is 2.20. The van der Waals surface area contributed by atoms with Crippen LogP contribution in [0, 0.1) is 0 Å². The van der Waals surface area contributed by atoms with E-state index >= 15 is 0 Å². The fourth-order valence-electron chi connectivity index (χ4n) is 2.69. The van der Waals surface area contributed by atoms with Crippen LogP contribution in [-0.2, 0) is 7.05 Å². The molecule has 0 radical (unpaired) electrons. The molecule has 1 amide bonds. The van der Waals surface area contributed by atoms with Gasteiger partial charge in [0.15, 0.2) is 0 Å². The van der Waals surface area contributed by atoms with Gasteiger partial charge in [0, 0.05) is 13.1 Å². The number of methoxy groups -OCH3 is 3. The summed E-state index contributed by atoms with van der Waals surface area (Å²) < 4.78 is 17.3. The molecule has 1 aromatic heterocycles. The molecule has 3 aromatic rings. The van der Waals surface area contributed by atoms with Crippen LogP contribution in [-0.4, -0.2) is 41.6 Å². The van der Waals surface area contributed by atoms with Gasteiger partial charge in [0.05, 0.1) is 32.7 Å². The lowest BCUT2D eigenvalue weighted by atomic mass is 10.2. The number of nitrogens with one attached hydrogen (secondary N) is 1. The zero-order valence-electron chi connectivity index (χ0n) is 16.8. The minimum absolute atomic E-state index is 0.314. The molecule has 0 aliphatic carbocycles. The van der Waals surface area contributed by atoms with Gasteiger partial charge in [-0.15, -0.1) is 0 Å². The number of hydrogen-bond donors (Lipinski definition) is 1. The van der Waals surface area contributed by atoms with Crippen LogP contribution in [0.3, 0.4) is 0 Å². The predicted octanol–water partition coefficient (Wildman–Crippen LogP) is 1.21. The number of carbonyl (C=O) groups excluding carboxylic acids is 1. The van der Waals surface area contributed by atoms with E-state index < -0.39 is 22.9 Å². The van der Waals surface area contributed by atoms with Gasteiger partial charge >= 0.3 is 5.69 Å². The van der Waals surface area contributed by atoms with E-state index in [2.05, 4.69) is 10.4 Å². The van der Waals surface area contributed by atoms with Crippen molar-refractivity contribution in [3.63, 3.8) is 0 Å². The predicted molar refractivity (Wildman–Crippen MR) is 109 cm³/mol. The molecule has 0 aliphatic rings. The lowest BCUT2D eigenvalue weighted by Gasteiger charge is -2.12. The number of benzene rings is 2. The van der Waals surface area contributed by atoms with Crippen LogP contribution in [0.4, 0.5) is 5.69 Å². The van der Waals surface area contributed by atoms with Gasteiger partial charge in [-0.05, 0) is 36.4 Å². The zero-order valence-corrected chi connectivity index (χ0v) is 16.8. The summed E-state index contributed by atoms with van der Waals surface area (Å²) in [5.41, 5.74) is -1.29. The van der Waals surface area contributed by atoms with Crippen LogP contribution >= 0.6 is 0 Å². The smallest absolute Gasteiger partial charge is 0.351 e. The second-order valence-electron chi connectivity index (χ2n) is 6.13. The van der Waals surface area contributed by atoms with E-state index in [0.29, 0.717) is 28.6 Å². The topological polar surface area (TPSA) is 114 Å². The van der Waals surface area contributed by atoms with E-state index in [9.17, 15) is 14.4 Å². The van der Waals surface area contributed by atoms with Gasteiger partial charge in [-0.3, -0.25) is 14.2 Å². The number of amides is 1. The first-order chi connectivity index (χ1) is 14.4. The van der Waals surface area contributed by atoms with Crippen molar-refractivity contribution in [3.8, 4) is 22.9 Å². The second-order valence-corrected chi connectivity index (χ2v) is 6.13. The maximum atomic E-state index is 12.8. The van der Waals surface area contributed by atoms with Gasteiger partial charge in [-0.2, -0.15) is 9.78 Å². The Balaban J connectivity index is 2.03. The molecule has 0 fully saturated rings. The first kappa shape index (κ1) is 20.6. The molecule has 0 saturated heterocycles. The summed E-state index contributed by atoms with van der Waals surface area (Å²) in [7, 11) is 5.73. The first-order valence-corrected chi connectivity index (χ1v) is 8.77. The Morgan fingerprint density at radius 3 is 2.17 bits per heavy atom. The second kappa shape index (κ2) is 8.52. The number of carbonyl (C=O) groups is 1. The van der Waals surface area contributed by atoms with Crippen molar-refractivity contribution < 1.29 is 19.0 Å². The lowest BCUT2D eigenvalue weighted by Crippen LogP contribution is -2.43. The standard InChI is InChI=1S/C20H20N4O6/c1-23-19(26)17(18(25)21-15-10-9-14(29-3)11-16(15)30-4)22-24(20(23)27)12-5-7-13(28-2)8-6-12/h5-11H,1-4H3,(H,21,25). The molecule has 2 aromatic carbocycles. The quantitative estimate of drug-likeness (QED) is 0.647. The van der Waals surface area contributed by atoms with Crippen molar-refractivity contribution in [1.29, 1.82) is 0 Å². The van der Waals surface area contributed by atoms with Crippen LogP contribution in [0.25, 0.3) is 5.69 Å². The van der Waals surface area contributed by atoms with Crippen LogP contribution in [0.1, 0.15) is 10.5 Å². The number of ether oxygens (including phenoxy) is 3. The summed E-state index contributed by atoms with van der Waals surface area (Å²) in [6.45, 7) is 0. The largest absolute Gasteiger partial charge is 0.497 e. The molecule has 0 atom stereocenters. The third-order valence-electron chi connectivity index (χ3n) is 4.36. The Hall–Kier alpha value is -4.08. The summed E-state index contributed by atoms with van der Waals surface area (Å²) in [6, 6.07) is 11.2. The van der Waals surface area contributed by atoms with Gasteiger partial charge in [-0.25, -0.2) is 4.79 Å². The maximum absolute atomic E-state index is 12.8. The molecule has 0 unspecified atom stereocenters. The summed E-state index contributed by atoms with van der Waals surface area (Å²) in [5.74, 6) is 0.664. The number of hydrogen-bond acceptors (Lipinski definition) is 7. The third kappa shape index (κ3) is 3.88. The van der Waals surface area contributed by atoms with Crippen molar-refractivity contribution in [1.82, 2.24) is 14.3 Å². The molecule has 10 nitrogen and oxygen atoms in total. The van der Waals surface area contributed by atoms with E-state index in [1.54, 1.807) is 42.5 Å². The van der Waals surface area contributed by atoms with Crippen molar-refractivity contribution >= 4 is 11.6 Å². The molecule has 156 valence electrons. The molecule has 0 bridgehead atoms. The molecule has 0 aliphatic heterocycles. The first-order valence-electron chi connectivity index (χ1n) is 8.77. The Labute approximate surface area is 171 Å². The molecule has 30 heavy (non-hydrogen) atoms. The van der Waals surface area contributed by atoms with E-state index in [1.807, 2.05) is 0 Å². The molecular weight excluding hydrogens is 392 g/mol. The number of aromatic nitrogens is 3. The average molecular weight is 412 g/mol. The van der Waals surface area contributed by atoms with E-state index in [-0.39, 0.29) is 0 Å². The number of anilines is 1. The minimum Gasteiger partial charge on any atom is -0.497 e. The Kier molecular flexibility index (Phi) is 5.86. The van der Waals surface area contributed by atoms with Crippen molar-refractivity contribution in [2.24, 2.45) is 7.05 Å². The summed E-state index contributed by atoms with van der Waals surface area (Å²) in [6.07, 6.45) is 0.